The summed E-state index contributed by atoms with van der Waals surface area (Å²) >= 11 is 0. The fraction of sp³-hybridized carbons (Fsp3) is 0.400. The molecule has 8 heteroatoms. The SMILES string of the molecule is O=S(=O)(c1cc(F)c(O)c(F)c1)N1CCOCC1. The molecule has 1 N–H and O–H groups in total. The van der Waals surface area contributed by atoms with Gasteiger partial charge in [0.1, 0.15) is 0 Å². The van der Waals surface area contributed by atoms with Crippen molar-refractivity contribution in [1.82, 2.24) is 4.31 Å². The summed E-state index contributed by atoms with van der Waals surface area (Å²) in [7, 11) is -3.96. The Kier molecular flexibility index (Phi) is 3.51. The van der Waals surface area contributed by atoms with Crippen LogP contribution in [0.3, 0.4) is 0 Å². The topological polar surface area (TPSA) is 66.8 Å². The number of sulfonamides is 1. The first-order valence-corrected chi connectivity index (χ1v) is 6.63. The molecule has 1 aromatic carbocycles. The fourth-order valence-electron chi connectivity index (χ4n) is 1.63. The van der Waals surface area contributed by atoms with E-state index in [1.807, 2.05) is 0 Å². The molecular formula is C10H11F2NO4S. The normalized spacial score (nSPS) is 17.9. The molecule has 0 unspecified atom stereocenters. The zero-order valence-electron chi connectivity index (χ0n) is 9.27. The third-order valence-corrected chi connectivity index (χ3v) is 4.47. The number of ether oxygens (including phenoxy) is 1. The highest BCUT2D eigenvalue weighted by Gasteiger charge is 2.28. The second-order valence-electron chi connectivity index (χ2n) is 3.75. The summed E-state index contributed by atoms with van der Waals surface area (Å²) < 4.78 is 56.5. The Balaban J connectivity index is 2.41. The van der Waals surface area contributed by atoms with Crippen LogP contribution in [-0.2, 0) is 14.8 Å². The van der Waals surface area contributed by atoms with E-state index >= 15 is 0 Å². The molecule has 1 saturated heterocycles. The number of hydrogen-bond donors (Lipinski definition) is 1. The third kappa shape index (κ3) is 2.31. The van der Waals surface area contributed by atoms with Gasteiger partial charge in [-0.2, -0.15) is 4.31 Å². The fourth-order valence-corrected chi connectivity index (χ4v) is 3.06. The van der Waals surface area contributed by atoms with E-state index in [0.29, 0.717) is 12.1 Å². The molecule has 0 saturated carbocycles. The smallest absolute Gasteiger partial charge is 0.243 e. The van der Waals surface area contributed by atoms with E-state index < -0.39 is 32.3 Å². The Morgan fingerprint density at radius 3 is 2.17 bits per heavy atom. The van der Waals surface area contributed by atoms with Crippen LogP contribution in [0.25, 0.3) is 0 Å². The van der Waals surface area contributed by atoms with E-state index in [4.69, 9.17) is 9.84 Å². The minimum absolute atomic E-state index is 0.131. The van der Waals surface area contributed by atoms with Crippen LogP contribution in [-0.4, -0.2) is 44.1 Å². The summed E-state index contributed by atoms with van der Waals surface area (Å²) in [5.41, 5.74) is 0. The van der Waals surface area contributed by atoms with Crippen molar-refractivity contribution in [3.63, 3.8) is 0 Å². The molecule has 0 atom stereocenters. The highest BCUT2D eigenvalue weighted by molar-refractivity contribution is 7.89. The molecular weight excluding hydrogens is 268 g/mol. The molecule has 5 nitrogen and oxygen atoms in total. The molecule has 0 radical (unpaired) electrons. The Labute approximate surface area is 103 Å². The predicted octanol–water partition coefficient (Wildman–Crippen LogP) is 0.691. The van der Waals surface area contributed by atoms with Crippen molar-refractivity contribution in [2.45, 2.75) is 4.90 Å². The summed E-state index contributed by atoms with van der Waals surface area (Å²) in [6.45, 7) is 0.740. The van der Waals surface area contributed by atoms with Gasteiger partial charge >= 0.3 is 0 Å². The van der Waals surface area contributed by atoms with Gasteiger partial charge in [0.25, 0.3) is 0 Å². The lowest BCUT2D eigenvalue weighted by atomic mass is 10.3. The maximum atomic E-state index is 13.1. The minimum atomic E-state index is -3.96. The summed E-state index contributed by atoms with van der Waals surface area (Å²) in [6.07, 6.45) is 0. The standard InChI is InChI=1S/C10H11F2NO4S/c11-8-5-7(6-9(12)10(8)14)18(15,16)13-1-3-17-4-2-13/h5-6,14H,1-4H2. The largest absolute Gasteiger partial charge is 0.503 e. The number of phenols is 1. The van der Waals surface area contributed by atoms with Crippen molar-refractivity contribution in [1.29, 1.82) is 0 Å². The van der Waals surface area contributed by atoms with Crippen molar-refractivity contribution < 1.29 is 27.0 Å². The van der Waals surface area contributed by atoms with Gasteiger partial charge in [-0.1, -0.05) is 0 Å². The maximum absolute atomic E-state index is 13.1. The van der Waals surface area contributed by atoms with Gasteiger partial charge in [0.15, 0.2) is 17.4 Å². The van der Waals surface area contributed by atoms with Crippen molar-refractivity contribution >= 4 is 10.0 Å². The average molecular weight is 279 g/mol. The van der Waals surface area contributed by atoms with Crippen molar-refractivity contribution in [2.24, 2.45) is 0 Å². The van der Waals surface area contributed by atoms with Gasteiger partial charge in [-0.05, 0) is 12.1 Å². The maximum Gasteiger partial charge on any atom is 0.243 e. The van der Waals surface area contributed by atoms with Crippen molar-refractivity contribution in [3.05, 3.63) is 23.8 Å². The molecule has 0 spiro atoms. The molecule has 1 aliphatic rings. The van der Waals surface area contributed by atoms with Crippen molar-refractivity contribution in [2.75, 3.05) is 26.3 Å². The summed E-state index contributed by atoms with van der Waals surface area (Å²) in [4.78, 5) is -0.516. The number of nitrogens with zero attached hydrogens (tertiary/aromatic N) is 1. The second-order valence-corrected chi connectivity index (χ2v) is 5.69. The van der Waals surface area contributed by atoms with Crippen LogP contribution in [0, 0.1) is 11.6 Å². The number of rotatable bonds is 2. The van der Waals surface area contributed by atoms with Crippen LogP contribution in [0.5, 0.6) is 5.75 Å². The van der Waals surface area contributed by atoms with E-state index in [0.717, 1.165) is 4.31 Å². The first kappa shape index (κ1) is 13.2. The molecule has 0 bridgehead atoms. The molecule has 1 fully saturated rings. The first-order valence-electron chi connectivity index (χ1n) is 5.19. The van der Waals surface area contributed by atoms with Gasteiger partial charge in [-0.15, -0.1) is 0 Å². The van der Waals surface area contributed by atoms with Crippen LogP contribution in [0.1, 0.15) is 0 Å². The molecule has 0 amide bonds. The predicted molar refractivity (Wildman–Crippen MR) is 57.6 cm³/mol. The number of halogens is 2. The molecule has 0 aliphatic carbocycles. The number of hydrogen-bond acceptors (Lipinski definition) is 4. The molecule has 1 aromatic rings. The van der Waals surface area contributed by atoms with E-state index in [2.05, 4.69) is 0 Å². The lowest BCUT2D eigenvalue weighted by Gasteiger charge is -2.26. The number of aromatic hydroxyl groups is 1. The van der Waals surface area contributed by atoms with Crippen molar-refractivity contribution in [3.8, 4) is 5.75 Å². The Hall–Kier alpha value is -1.25. The van der Waals surface area contributed by atoms with Gasteiger partial charge in [0.2, 0.25) is 10.0 Å². The molecule has 18 heavy (non-hydrogen) atoms. The van der Waals surface area contributed by atoms with E-state index in [1.165, 1.54) is 0 Å². The highest BCUT2D eigenvalue weighted by atomic mass is 32.2. The Morgan fingerprint density at radius 2 is 1.67 bits per heavy atom. The average Bonchev–Trinajstić information content (AvgIpc) is 2.36. The van der Waals surface area contributed by atoms with E-state index in [1.54, 1.807) is 0 Å². The summed E-state index contributed by atoms with van der Waals surface area (Å²) in [5.74, 6) is -3.79. The zero-order valence-corrected chi connectivity index (χ0v) is 10.1. The number of benzene rings is 1. The van der Waals surface area contributed by atoms with Gasteiger partial charge in [-0.3, -0.25) is 0 Å². The Morgan fingerprint density at radius 1 is 1.17 bits per heavy atom. The van der Waals surface area contributed by atoms with Crippen LogP contribution in [0.2, 0.25) is 0 Å². The van der Waals surface area contributed by atoms with Crippen LogP contribution >= 0.6 is 0 Å². The monoisotopic (exact) mass is 279 g/mol. The molecule has 100 valence electrons. The van der Waals surface area contributed by atoms with E-state index in [-0.39, 0.29) is 26.3 Å². The molecule has 2 rings (SSSR count). The van der Waals surface area contributed by atoms with Gasteiger partial charge in [0, 0.05) is 13.1 Å². The molecule has 1 aliphatic heterocycles. The van der Waals surface area contributed by atoms with Gasteiger partial charge in [0.05, 0.1) is 18.1 Å². The van der Waals surface area contributed by atoms with Crippen LogP contribution in [0.15, 0.2) is 17.0 Å². The lowest BCUT2D eigenvalue weighted by Crippen LogP contribution is -2.40. The zero-order chi connectivity index (χ0) is 13.3. The third-order valence-electron chi connectivity index (χ3n) is 2.60. The Bertz CT molecular complexity index is 532. The van der Waals surface area contributed by atoms with Crippen LogP contribution in [0.4, 0.5) is 8.78 Å². The van der Waals surface area contributed by atoms with Gasteiger partial charge < -0.3 is 9.84 Å². The van der Waals surface area contributed by atoms with Crippen LogP contribution < -0.4 is 0 Å². The summed E-state index contributed by atoms with van der Waals surface area (Å²) in [5, 5.41) is 8.93. The summed E-state index contributed by atoms with van der Waals surface area (Å²) in [6, 6.07) is 1.20. The van der Waals surface area contributed by atoms with Gasteiger partial charge in [-0.25, -0.2) is 17.2 Å². The van der Waals surface area contributed by atoms with E-state index in [9.17, 15) is 17.2 Å². The molecule has 1 heterocycles. The number of phenolic OH excluding ortho intramolecular Hbond substituents is 1. The molecule has 0 aromatic heterocycles. The quantitative estimate of drug-likeness (QED) is 0.865. The second kappa shape index (κ2) is 4.79. The lowest BCUT2D eigenvalue weighted by molar-refractivity contribution is 0.0730. The number of morpholine rings is 1. The highest BCUT2D eigenvalue weighted by Crippen LogP contribution is 2.26. The minimum Gasteiger partial charge on any atom is -0.503 e. The first-order chi connectivity index (χ1) is 8.43.